The summed E-state index contributed by atoms with van der Waals surface area (Å²) in [6.45, 7) is 8.87. The minimum absolute atomic E-state index is 0.120. The van der Waals surface area contributed by atoms with Crippen molar-refractivity contribution >= 4 is 21.6 Å². The van der Waals surface area contributed by atoms with Crippen LogP contribution in [0.25, 0.3) is 0 Å². The van der Waals surface area contributed by atoms with Crippen molar-refractivity contribution < 1.29 is 4.92 Å². The van der Waals surface area contributed by atoms with E-state index in [-0.39, 0.29) is 10.6 Å². The van der Waals surface area contributed by atoms with Gasteiger partial charge in [-0.3, -0.25) is 10.1 Å². The second kappa shape index (κ2) is 8.24. The fraction of sp³-hybridized carbons (Fsp3) is 0.538. The van der Waals surface area contributed by atoms with Crippen molar-refractivity contribution in [3.63, 3.8) is 0 Å². The molecule has 0 heterocycles. The summed E-state index contributed by atoms with van der Waals surface area (Å²) in [4.78, 5) is 12.7. The van der Waals surface area contributed by atoms with E-state index in [1.54, 1.807) is 6.07 Å². The van der Waals surface area contributed by atoms with Crippen LogP contribution in [0, 0.1) is 10.1 Å². The Hall–Kier alpha value is -0.980. The van der Waals surface area contributed by atoms with Gasteiger partial charge >= 0.3 is 0 Å². The molecule has 0 aliphatic carbocycles. The molecule has 0 atom stereocenters. The SMILES string of the molecule is CCN(CC)CCNCc1cc(Br)cc([N+](=O)[O-])c1. The number of hydrogen-bond acceptors (Lipinski definition) is 4. The van der Waals surface area contributed by atoms with Gasteiger partial charge in [-0.05, 0) is 24.7 Å². The van der Waals surface area contributed by atoms with Gasteiger partial charge in [0, 0.05) is 36.2 Å². The maximum Gasteiger partial charge on any atom is 0.270 e. The van der Waals surface area contributed by atoms with E-state index in [4.69, 9.17) is 0 Å². The number of non-ortho nitro benzene ring substituents is 1. The first-order valence-corrected chi connectivity index (χ1v) is 7.23. The van der Waals surface area contributed by atoms with Crippen LogP contribution in [0.2, 0.25) is 0 Å². The van der Waals surface area contributed by atoms with Gasteiger partial charge < -0.3 is 10.2 Å². The molecule has 0 saturated carbocycles. The number of likely N-dealkylation sites (N-methyl/N-ethyl adjacent to an activating group) is 1. The molecule has 0 amide bonds. The Morgan fingerprint density at radius 1 is 1.32 bits per heavy atom. The van der Waals surface area contributed by atoms with Crippen LogP contribution in [0.4, 0.5) is 5.69 Å². The Kier molecular flexibility index (Phi) is 6.97. The molecule has 0 unspecified atom stereocenters. The Balaban J connectivity index is 2.47. The summed E-state index contributed by atoms with van der Waals surface area (Å²) in [6.07, 6.45) is 0. The number of nitrogens with zero attached hydrogens (tertiary/aromatic N) is 2. The molecule has 6 heteroatoms. The molecule has 1 N–H and O–H groups in total. The van der Waals surface area contributed by atoms with Crippen molar-refractivity contribution in [1.82, 2.24) is 10.2 Å². The van der Waals surface area contributed by atoms with Crippen LogP contribution in [-0.2, 0) is 6.54 Å². The number of rotatable bonds is 8. The summed E-state index contributed by atoms with van der Waals surface area (Å²) < 4.78 is 0.738. The molecule has 1 aromatic rings. The molecule has 0 radical (unpaired) electrons. The maximum atomic E-state index is 10.8. The lowest BCUT2D eigenvalue weighted by atomic mass is 10.2. The molecule has 0 bridgehead atoms. The van der Waals surface area contributed by atoms with Gasteiger partial charge in [0.25, 0.3) is 5.69 Å². The average Bonchev–Trinajstić information content (AvgIpc) is 2.38. The van der Waals surface area contributed by atoms with Gasteiger partial charge in [-0.25, -0.2) is 0 Å². The molecule has 1 rings (SSSR count). The summed E-state index contributed by atoms with van der Waals surface area (Å²) in [5, 5.41) is 14.1. The van der Waals surface area contributed by atoms with Crippen LogP contribution in [-0.4, -0.2) is 36.0 Å². The Morgan fingerprint density at radius 2 is 2.00 bits per heavy atom. The number of halogens is 1. The molecule has 0 spiro atoms. The van der Waals surface area contributed by atoms with Gasteiger partial charge in [0.1, 0.15) is 0 Å². The standard InChI is InChI=1S/C13H20BrN3O2/c1-3-16(4-2)6-5-15-10-11-7-12(14)9-13(8-11)17(18)19/h7-9,15H,3-6,10H2,1-2H3. The maximum absolute atomic E-state index is 10.8. The first-order chi connectivity index (χ1) is 9.06. The highest BCUT2D eigenvalue weighted by Crippen LogP contribution is 2.21. The largest absolute Gasteiger partial charge is 0.311 e. The minimum atomic E-state index is -0.371. The van der Waals surface area contributed by atoms with Gasteiger partial charge in [-0.15, -0.1) is 0 Å². The predicted octanol–water partition coefficient (Wildman–Crippen LogP) is 2.79. The third-order valence-electron chi connectivity index (χ3n) is 2.98. The average molecular weight is 330 g/mol. The van der Waals surface area contributed by atoms with E-state index < -0.39 is 0 Å². The fourth-order valence-electron chi connectivity index (χ4n) is 1.85. The van der Waals surface area contributed by atoms with Crippen molar-refractivity contribution in [2.45, 2.75) is 20.4 Å². The zero-order chi connectivity index (χ0) is 14.3. The number of nitro benzene ring substituents is 1. The van der Waals surface area contributed by atoms with E-state index in [2.05, 4.69) is 40.0 Å². The normalized spacial score (nSPS) is 10.9. The van der Waals surface area contributed by atoms with Crippen LogP contribution >= 0.6 is 15.9 Å². The van der Waals surface area contributed by atoms with E-state index in [1.807, 2.05) is 6.07 Å². The monoisotopic (exact) mass is 329 g/mol. The molecule has 0 saturated heterocycles. The zero-order valence-corrected chi connectivity index (χ0v) is 12.9. The first kappa shape index (κ1) is 16.1. The Morgan fingerprint density at radius 3 is 2.58 bits per heavy atom. The van der Waals surface area contributed by atoms with Crippen LogP contribution in [0.15, 0.2) is 22.7 Å². The zero-order valence-electron chi connectivity index (χ0n) is 11.4. The van der Waals surface area contributed by atoms with Gasteiger partial charge in [0.05, 0.1) is 4.92 Å². The predicted molar refractivity (Wildman–Crippen MR) is 80.3 cm³/mol. The quantitative estimate of drug-likeness (QED) is 0.452. The number of nitro groups is 1. The van der Waals surface area contributed by atoms with Crippen molar-refractivity contribution in [1.29, 1.82) is 0 Å². The molecule has 0 fully saturated rings. The van der Waals surface area contributed by atoms with E-state index in [9.17, 15) is 10.1 Å². The smallest absolute Gasteiger partial charge is 0.270 e. The summed E-state index contributed by atoms with van der Waals surface area (Å²) in [5.41, 5.74) is 1.04. The highest BCUT2D eigenvalue weighted by Gasteiger charge is 2.08. The van der Waals surface area contributed by atoms with Crippen molar-refractivity contribution in [2.75, 3.05) is 26.2 Å². The van der Waals surface area contributed by atoms with Crippen LogP contribution in [0.5, 0.6) is 0 Å². The minimum Gasteiger partial charge on any atom is -0.311 e. The number of benzene rings is 1. The lowest BCUT2D eigenvalue weighted by Crippen LogP contribution is -2.31. The number of hydrogen-bond donors (Lipinski definition) is 1. The van der Waals surface area contributed by atoms with Gasteiger partial charge in [0.15, 0.2) is 0 Å². The molecule has 0 aliphatic rings. The highest BCUT2D eigenvalue weighted by molar-refractivity contribution is 9.10. The van der Waals surface area contributed by atoms with E-state index in [0.29, 0.717) is 6.54 Å². The summed E-state index contributed by atoms with van der Waals surface area (Å²) in [5.74, 6) is 0. The molecule has 106 valence electrons. The summed E-state index contributed by atoms with van der Waals surface area (Å²) in [6, 6.07) is 5.02. The second-order valence-electron chi connectivity index (χ2n) is 4.28. The molecule has 5 nitrogen and oxygen atoms in total. The van der Waals surface area contributed by atoms with Crippen LogP contribution in [0.1, 0.15) is 19.4 Å². The van der Waals surface area contributed by atoms with E-state index >= 15 is 0 Å². The van der Waals surface area contributed by atoms with Gasteiger partial charge in [-0.2, -0.15) is 0 Å². The molecule has 1 aromatic carbocycles. The van der Waals surface area contributed by atoms with Crippen molar-refractivity contribution in [3.05, 3.63) is 38.3 Å². The molecule has 0 aliphatic heterocycles. The molecular weight excluding hydrogens is 310 g/mol. The lowest BCUT2D eigenvalue weighted by molar-refractivity contribution is -0.385. The molecule has 0 aromatic heterocycles. The number of nitrogens with one attached hydrogen (secondary N) is 1. The third-order valence-corrected chi connectivity index (χ3v) is 3.44. The Labute approximate surface area is 122 Å². The van der Waals surface area contributed by atoms with Crippen LogP contribution in [0.3, 0.4) is 0 Å². The summed E-state index contributed by atoms with van der Waals surface area (Å²) >= 11 is 3.30. The lowest BCUT2D eigenvalue weighted by Gasteiger charge is -2.18. The molecule has 19 heavy (non-hydrogen) atoms. The van der Waals surface area contributed by atoms with Gasteiger partial charge in [0.2, 0.25) is 0 Å². The van der Waals surface area contributed by atoms with Crippen molar-refractivity contribution in [2.24, 2.45) is 0 Å². The first-order valence-electron chi connectivity index (χ1n) is 6.43. The second-order valence-corrected chi connectivity index (χ2v) is 5.19. The van der Waals surface area contributed by atoms with Crippen LogP contribution < -0.4 is 5.32 Å². The van der Waals surface area contributed by atoms with E-state index in [1.165, 1.54) is 6.07 Å². The fourth-order valence-corrected chi connectivity index (χ4v) is 2.38. The van der Waals surface area contributed by atoms with E-state index in [0.717, 1.165) is 36.2 Å². The third kappa shape index (κ3) is 5.67. The highest BCUT2D eigenvalue weighted by atomic mass is 79.9. The topological polar surface area (TPSA) is 58.4 Å². The Bertz CT molecular complexity index is 422. The van der Waals surface area contributed by atoms with Crippen molar-refractivity contribution in [3.8, 4) is 0 Å². The molecular formula is C13H20BrN3O2. The van der Waals surface area contributed by atoms with Gasteiger partial charge in [-0.1, -0.05) is 29.8 Å². The summed E-state index contributed by atoms with van der Waals surface area (Å²) in [7, 11) is 0.